The Morgan fingerprint density at radius 1 is 1.00 bits per heavy atom. The van der Waals surface area contributed by atoms with Crippen molar-refractivity contribution in [3.05, 3.63) is 89.4 Å². The molecule has 4 rings (SSSR count). The van der Waals surface area contributed by atoms with Gasteiger partial charge in [-0.15, -0.1) is 0 Å². The van der Waals surface area contributed by atoms with Gasteiger partial charge in [-0.3, -0.25) is 4.79 Å². The van der Waals surface area contributed by atoms with Gasteiger partial charge >= 0.3 is 10.1 Å². The van der Waals surface area contributed by atoms with Crippen LogP contribution in [0.5, 0.6) is 17.2 Å². The molecular formula is C22H15FO6S. The van der Waals surface area contributed by atoms with E-state index in [0.29, 0.717) is 11.3 Å². The lowest BCUT2D eigenvalue weighted by Crippen LogP contribution is -2.09. The minimum atomic E-state index is -4.17. The third kappa shape index (κ3) is 3.77. The maximum Gasteiger partial charge on any atom is 0.339 e. The van der Waals surface area contributed by atoms with Crippen LogP contribution >= 0.6 is 0 Å². The molecule has 0 saturated carbocycles. The molecule has 30 heavy (non-hydrogen) atoms. The highest BCUT2D eigenvalue weighted by atomic mass is 32.2. The van der Waals surface area contributed by atoms with E-state index in [2.05, 4.69) is 0 Å². The van der Waals surface area contributed by atoms with Gasteiger partial charge < -0.3 is 13.7 Å². The summed E-state index contributed by atoms with van der Waals surface area (Å²) in [5.41, 5.74) is 0.939. The fourth-order valence-corrected chi connectivity index (χ4v) is 3.84. The molecule has 0 aliphatic carbocycles. The Morgan fingerprint density at radius 2 is 1.73 bits per heavy atom. The summed E-state index contributed by atoms with van der Waals surface area (Å²) in [6.45, 7) is 0. The van der Waals surface area contributed by atoms with E-state index in [4.69, 9.17) is 13.7 Å². The van der Waals surface area contributed by atoms with Crippen LogP contribution < -0.4 is 13.7 Å². The number of ether oxygens (including phenoxy) is 2. The molecule has 0 radical (unpaired) electrons. The zero-order valence-corrected chi connectivity index (χ0v) is 16.5. The van der Waals surface area contributed by atoms with E-state index in [-0.39, 0.29) is 33.5 Å². The first-order chi connectivity index (χ1) is 14.4. The third-order valence-electron chi connectivity index (χ3n) is 4.38. The molecular weight excluding hydrogens is 411 g/mol. The summed E-state index contributed by atoms with van der Waals surface area (Å²) >= 11 is 0. The van der Waals surface area contributed by atoms with Crippen LogP contribution in [0, 0.1) is 5.82 Å². The lowest BCUT2D eigenvalue weighted by molar-refractivity contribution is 0.101. The fraction of sp³-hybridized carbons (Fsp3) is 0.0455. The molecule has 8 heteroatoms. The molecule has 3 aromatic rings. The van der Waals surface area contributed by atoms with Crippen LogP contribution in [0.4, 0.5) is 4.39 Å². The number of hydrogen-bond acceptors (Lipinski definition) is 6. The van der Waals surface area contributed by atoms with Gasteiger partial charge in [-0.1, -0.05) is 18.2 Å². The van der Waals surface area contributed by atoms with Crippen molar-refractivity contribution >= 4 is 22.0 Å². The predicted octanol–water partition coefficient (Wildman–Crippen LogP) is 4.22. The van der Waals surface area contributed by atoms with Crippen molar-refractivity contribution in [2.75, 3.05) is 7.11 Å². The average Bonchev–Trinajstić information content (AvgIpc) is 3.03. The number of para-hydroxylation sites is 1. The van der Waals surface area contributed by atoms with Crippen LogP contribution in [-0.2, 0) is 10.1 Å². The molecule has 0 bridgehead atoms. The number of Topliss-reactive ketones (excluding diaryl/α,β-unsaturated/α-hetero) is 1. The van der Waals surface area contributed by atoms with Gasteiger partial charge in [0.15, 0.2) is 5.76 Å². The number of ketones is 1. The van der Waals surface area contributed by atoms with E-state index < -0.39 is 15.9 Å². The first-order valence-electron chi connectivity index (χ1n) is 8.79. The molecule has 1 aliphatic heterocycles. The summed E-state index contributed by atoms with van der Waals surface area (Å²) in [6.07, 6.45) is 1.55. The number of hydrogen-bond donors (Lipinski definition) is 0. The second kappa shape index (κ2) is 7.64. The van der Waals surface area contributed by atoms with Gasteiger partial charge in [-0.2, -0.15) is 8.42 Å². The first-order valence-corrected chi connectivity index (χ1v) is 10.2. The van der Waals surface area contributed by atoms with E-state index in [1.807, 2.05) is 0 Å². The molecule has 0 amide bonds. The molecule has 1 aliphatic rings. The molecule has 152 valence electrons. The number of carbonyl (C=O) groups is 1. The Balaban J connectivity index is 1.61. The van der Waals surface area contributed by atoms with Crippen molar-refractivity contribution in [3.63, 3.8) is 0 Å². The molecule has 0 spiro atoms. The zero-order chi connectivity index (χ0) is 21.3. The van der Waals surface area contributed by atoms with Crippen molar-refractivity contribution < 1.29 is 31.3 Å². The van der Waals surface area contributed by atoms with Crippen LogP contribution in [0.25, 0.3) is 6.08 Å². The maximum absolute atomic E-state index is 13.0. The van der Waals surface area contributed by atoms with Crippen molar-refractivity contribution in [2.45, 2.75) is 4.90 Å². The van der Waals surface area contributed by atoms with Crippen LogP contribution in [0.1, 0.15) is 15.9 Å². The first kappa shape index (κ1) is 19.7. The third-order valence-corrected chi connectivity index (χ3v) is 5.64. The Labute approximate surface area is 172 Å². The summed E-state index contributed by atoms with van der Waals surface area (Å²) in [7, 11) is -2.65. The number of methoxy groups -OCH3 is 1. The fourth-order valence-electron chi connectivity index (χ4n) is 2.92. The Hall–Kier alpha value is -3.65. The molecule has 3 aromatic carbocycles. The molecule has 0 unspecified atom stereocenters. The summed E-state index contributed by atoms with van der Waals surface area (Å²) in [5, 5.41) is 0. The second-order valence-electron chi connectivity index (χ2n) is 6.33. The quantitative estimate of drug-likeness (QED) is 0.449. The Morgan fingerprint density at radius 3 is 2.47 bits per heavy atom. The van der Waals surface area contributed by atoms with Gasteiger partial charge in [0.05, 0.1) is 12.7 Å². The van der Waals surface area contributed by atoms with Gasteiger partial charge in [0.2, 0.25) is 5.78 Å². The summed E-state index contributed by atoms with van der Waals surface area (Å²) in [5.74, 6) is -0.117. The highest BCUT2D eigenvalue weighted by Crippen LogP contribution is 2.36. The van der Waals surface area contributed by atoms with Crippen LogP contribution in [0.3, 0.4) is 0 Å². The molecule has 1 heterocycles. The van der Waals surface area contributed by atoms with Crippen molar-refractivity contribution in [1.82, 2.24) is 0 Å². The van der Waals surface area contributed by atoms with Crippen molar-refractivity contribution in [3.8, 4) is 17.2 Å². The molecule has 0 atom stereocenters. The van der Waals surface area contributed by atoms with Gasteiger partial charge in [-0.05, 0) is 48.5 Å². The van der Waals surface area contributed by atoms with Gasteiger partial charge in [0.25, 0.3) is 0 Å². The highest BCUT2D eigenvalue weighted by Gasteiger charge is 2.29. The van der Waals surface area contributed by atoms with Gasteiger partial charge in [-0.25, -0.2) is 4.39 Å². The van der Waals surface area contributed by atoms with Gasteiger partial charge in [0.1, 0.15) is 28.0 Å². The topological polar surface area (TPSA) is 78.9 Å². The lowest BCUT2D eigenvalue weighted by Gasteiger charge is -2.08. The summed E-state index contributed by atoms with van der Waals surface area (Å²) < 4.78 is 53.8. The van der Waals surface area contributed by atoms with Crippen molar-refractivity contribution in [1.29, 1.82) is 0 Å². The van der Waals surface area contributed by atoms with Crippen LogP contribution in [-0.4, -0.2) is 21.3 Å². The molecule has 0 aromatic heterocycles. The Kier molecular flexibility index (Phi) is 5.01. The largest absolute Gasteiger partial charge is 0.496 e. The number of fused-ring (bicyclic) bond motifs is 1. The van der Waals surface area contributed by atoms with E-state index >= 15 is 0 Å². The van der Waals surface area contributed by atoms with E-state index in [0.717, 1.165) is 24.3 Å². The number of allylic oxidation sites excluding steroid dienone is 1. The van der Waals surface area contributed by atoms with E-state index in [1.54, 1.807) is 30.3 Å². The number of rotatable bonds is 5. The number of carbonyl (C=O) groups excluding carboxylic acids is 1. The smallest absolute Gasteiger partial charge is 0.339 e. The maximum atomic E-state index is 13.0. The van der Waals surface area contributed by atoms with Crippen molar-refractivity contribution in [2.24, 2.45) is 0 Å². The normalized spacial score (nSPS) is 14.3. The monoisotopic (exact) mass is 426 g/mol. The summed E-state index contributed by atoms with van der Waals surface area (Å²) in [4.78, 5) is 12.4. The number of benzene rings is 3. The second-order valence-corrected chi connectivity index (χ2v) is 7.88. The lowest BCUT2D eigenvalue weighted by atomic mass is 10.1. The highest BCUT2D eigenvalue weighted by molar-refractivity contribution is 7.87. The molecule has 0 fully saturated rings. The minimum Gasteiger partial charge on any atom is -0.496 e. The SMILES string of the molecule is COc1ccccc1/C=C1\Oc2cc(OS(=O)(=O)c3ccc(F)cc3)ccc2C1=O. The summed E-state index contributed by atoms with van der Waals surface area (Å²) in [6, 6.07) is 15.5. The van der Waals surface area contributed by atoms with Crippen LogP contribution in [0.2, 0.25) is 0 Å². The molecule has 0 saturated heterocycles. The predicted molar refractivity (Wildman–Crippen MR) is 107 cm³/mol. The standard InChI is InChI=1S/C22H15FO6S/c1-27-19-5-3-2-4-14(19)12-21-22(24)18-11-8-16(13-20(18)28-21)29-30(25,26)17-9-6-15(23)7-10-17/h2-13H,1H3/b21-12-. The molecule has 6 nitrogen and oxygen atoms in total. The number of halogens is 1. The van der Waals surface area contributed by atoms with Crippen LogP contribution in [0.15, 0.2) is 77.4 Å². The van der Waals surface area contributed by atoms with Gasteiger partial charge in [0, 0.05) is 11.6 Å². The zero-order valence-electron chi connectivity index (χ0n) is 15.7. The Bertz CT molecular complexity index is 1260. The molecule has 0 N–H and O–H groups in total. The minimum absolute atomic E-state index is 0.0376. The average molecular weight is 426 g/mol. The van der Waals surface area contributed by atoms with E-state index in [9.17, 15) is 17.6 Å². The van der Waals surface area contributed by atoms with E-state index in [1.165, 1.54) is 25.3 Å².